The lowest BCUT2D eigenvalue weighted by molar-refractivity contribution is -0.134. The summed E-state index contributed by atoms with van der Waals surface area (Å²) in [4.78, 5) is 23.3. The van der Waals surface area contributed by atoms with Crippen molar-refractivity contribution in [3.8, 4) is 5.75 Å². The fourth-order valence-electron chi connectivity index (χ4n) is 5.47. The van der Waals surface area contributed by atoms with Gasteiger partial charge in [0.15, 0.2) is 6.29 Å². The van der Waals surface area contributed by atoms with Crippen LogP contribution in [0.4, 0.5) is 0 Å². The molecule has 32 heavy (non-hydrogen) atoms. The van der Waals surface area contributed by atoms with Crippen molar-refractivity contribution in [1.82, 2.24) is 0 Å². The third-order valence-electron chi connectivity index (χ3n) is 6.67. The molecule has 0 saturated heterocycles. The van der Waals surface area contributed by atoms with E-state index < -0.39 is 5.97 Å². The van der Waals surface area contributed by atoms with Gasteiger partial charge in [-0.25, -0.2) is 4.79 Å². The van der Waals surface area contributed by atoms with Crippen molar-refractivity contribution in [3.05, 3.63) is 40.5 Å². The molecule has 0 aromatic heterocycles. The van der Waals surface area contributed by atoms with Crippen LogP contribution in [0.3, 0.4) is 0 Å². The highest BCUT2D eigenvalue weighted by atomic mass is 16.5. The Hall–Kier alpha value is -2.56. The van der Waals surface area contributed by atoms with E-state index in [1.165, 1.54) is 37.7 Å². The van der Waals surface area contributed by atoms with Crippen molar-refractivity contribution in [2.45, 2.75) is 59.8 Å². The number of aldehydes is 1. The number of allylic oxidation sites excluding steroid dienone is 1. The highest BCUT2D eigenvalue weighted by Gasteiger charge is 2.39. The third-order valence-corrected chi connectivity index (χ3v) is 6.67. The number of carbonyl (C=O) groups is 2. The summed E-state index contributed by atoms with van der Waals surface area (Å²) in [5, 5.41) is 10.6. The average Bonchev–Trinajstić information content (AvgIpc) is 2.80. The van der Waals surface area contributed by atoms with Crippen molar-refractivity contribution in [2.24, 2.45) is 23.7 Å². The van der Waals surface area contributed by atoms with E-state index in [1.54, 1.807) is 19.2 Å². The smallest absolute Gasteiger partial charge is 0.330 e. The van der Waals surface area contributed by atoms with Crippen LogP contribution in [0.25, 0.3) is 11.8 Å². The Balaban J connectivity index is 0.00000176. The van der Waals surface area contributed by atoms with Crippen molar-refractivity contribution in [2.75, 3.05) is 14.2 Å². The molecule has 0 aliphatic heterocycles. The van der Waals surface area contributed by atoms with Gasteiger partial charge in [-0.3, -0.25) is 4.79 Å². The Bertz CT molecular complexity index is 865. The first-order valence-corrected chi connectivity index (χ1v) is 11.8. The first-order valence-electron chi connectivity index (χ1n) is 11.8. The van der Waals surface area contributed by atoms with E-state index in [2.05, 4.69) is 18.6 Å². The predicted molar refractivity (Wildman–Crippen MR) is 128 cm³/mol. The van der Waals surface area contributed by atoms with Gasteiger partial charge >= 0.3 is 5.97 Å². The van der Waals surface area contributed by atoms with Crippen LogP contribution in [-0.2, 0) is 14.3 Å². The zero-order valence-corrected chi connectivity index (χ0v) is 20.3. The molecule has 5 heteroatoms. The number of rotatable bonds is 6. The van der Waals surface area contributed by atoms with E-state index in [0.29, 0.717) is 34.4 Å². The molecular weight excluding hydrogens is 404 g/mol. The van der Waals surface area contributed by atoms with E-state index in [-0.39, 0.29) is 5.75 Å². The Morgan fingerprint density at radius 1 is 1.09 bits per heavy atom. The van der Waals surface area contributed by atoms with Gasteiger partial charge in [-0.2, -0.15) is 0 Å². The molecule has 2 aliphatic rings. The van der Waals surface area contributed by atoms with Gasteiger partial charge in [0.05, 0.1) is 14.2 Å². The fraction of sp³-hybridized carbons (Fsp3) is 0.556. The summed E-state index contributed by atoms with van der Waals surface area (Å²) >= 11 is 0. The van der Waals surface area contributed by atoms with Gasteiger partial charge < -0.3 is 14.6 Å². The first-order chi connectivity index (χ1) is 15.4. The van der Waals surface area contributed by atoms with E-state index in [0.717, 1.165) is 37.2 Å². The second-order valence-corrected chi connectivity index (χ2v) is 8.68. The van der Waals surface area contributed by atoms with Crippen LogP contribution in [0.1, 0.15) is 81.3 Å². The fourth-order valence-corrected chi connectivity index (χ4v) is 5.47. The van der Waals surface area contributed by atoms with E-state index >= 15 is 0 Å². The Morgan fingerprint density at radius 2 is 1.81 bits per heavy atom. The SMILES string of the molecule is CC.CCC1CC2CC(C)CC(C2)/C1=C(\OC)c1cc(O)c(/C=C/C(=O)OC)cc1C=O. The number of methoxy groups -OCH3 is 2. The number of hydrogen-bond acceptors (Lipinski definition) is 5. The van der Waals surface area contributed by atoms with Crippen molar-refractivity contribution in [1.29, 1.82) is 0 Å². The number of carbonyl (C=O) groups excluding carboxylic acids is 2. The van der Waals surface area contributed by atoms with Crippen molar-refractivity contribution >= 4 is 24.1 Å². The van der Waals surface area contributed by atoms with Crippen molar-refractivity contribution in [3.63, 3.8) is 0 Å². The molecule has 2 fully saturated rings. The topological polar surface area (TPSA) is 72.8 Å². The first kappa shape index (κ1) is 25.7. The number of esters is 1. The zero-order chi connectivity index (χ0) is 23.8. The molecule has 4 atom stereocenters. The van der Waals surface area contributed by atoms with Gasteiger partial charge in [-0.15, -0.1) is 0 Å². The highest BCUT2D eigenvalue weighted by molar-refractivity contribution is 5.90. The summed E-state index contributed by atoms with van der Waals surface area (Å²) in [5.74, 6) is 2.51. The van der Waals surface area contributed by atoms with Crippen LogP contribution in [-0.4, -0.2) is 31.6 Å². The maximum Gasteiger partial charge on any atom is 0.330 e. The number of phenolic OH excluding ortho intramolecular Hbond substituents is 1. The Morgan fingerprint density at radius 3 is 2.41 bits per heavy atom. The van der Waals surface area contributed by atoms with E-state index in [1.807, 2.05) is 13.8 Å². The molecule has 4 unspecified atom stereocenters. The minimum atomic E-state index is -0.528. The second kappa shape index (κ2) is 11.9. The lowest BCUT2D eigenvalue weighted by Crippen LogP contribution is -2.33. The van der Waals surface area contributed by atoms with Crippen LogP contribution >= 0.6 is 0 Å². The molecule has 0 amide bonds. The van der Waals surface area contributed by atoms with Gasteiger partial charge in [-0.1, -0.05) is 27.7 Å². The maximum atomic E-state index is 11.9. The summed E-state index contributed by atoms with van der Waals surface area (Å²) in [6, 6.07) is 3.17. The molecule has 1 aromatic carbocycles. The summed E-state index contributed by atoms with van der Waals surface area (Å²) in [6.45, 7) is 8.53. The number of hydrogen-bond donors (Lipinski definition) is 1. The monoisotopic (exact) mass is 442 g/mol. The quantitative estimate of drug-likeness (QED) is 0.244. The van der Waals surface area contributed by atoms with Crippen molar-refractivity contribution < 1.29 is 24.2 Å². The summed E-state index contributed by atoms with van der Waals surface area (Å²) in [5.41, 5.74) is 2.73. The molecule has 0 spiro atoms. The summed E-state index contributed by atoms with van der Waals surface area (Å²) in [6.07, 6.45) is 9.23. The van der Waals surface area contributed by atoms with Gasteiger partial charge in [0, 0.05) is 22.8 Å². The summed E-state index contributed by atoms with van der Waals surface area (Å²) < 4.78 is 10.5. The van der Waals surface area contributed by atoms with E-state index in [4.69, 9.17) is 4.74 Å². The minimum absolute atomic E-state index is 0.00958. The molecule has 3 rings (SSSR count). The molecular formula is C27H38O5. The van der Waals surface area contributed by atoms with E-state index in [9.17, 15) is 14.7 Å². The third kappa shape index (κ3) is 5.62. The molecule has 1 aromatic rings. The predicted octanol–water partition coefficient (Wildman–Crippen LogP) is 6.26. The molecule has 1 N–H and O–H groups in total. The van der Waals surface area contributed by atoms with Crippen LogP contribution in [0.15, 0.2) is 23.8 Å². The zero-order valence-electron chi connectivity index (χ0n) is 20.3. The number of benzene rings is 1. The average molecular weight is 443 g/mol. The minimum Gasteiger partial charge on any atom is -0.507 e. The second-order valence-electron chi connectivity index (χ2n) is 8.68. The molecule has 5 nitrogen and oxygen atoms in total. The van der Waals surface area contributed by atoms with Crippen LogP contribution < -0.4 is 0 Å². The summed E-state index contributed by atoms with van der Waals surface area (Å²) in [7, 11) is 2.93. The molecule has 0 heterocycles. The maximum absolute atomic E-state index is 11.9. The lowest BCUT2D eigenvalue weighted by atomic mass is 9.61. The number of ether oxygens (including phenoxy) is 2. The number of fused-ring (bicyclic) bond motifs is 2. The lowest BCUT2D eigenvalue weighted by Gasteiger charge is -2.44. The van der Waals surface area contributed by atoms with Gasteiger partial charge in [-0.05, 0) is 79.6 Å². The number of phenols is 1. The molecule has 2 saturated carbocycles. The molecule has 2 bridgehead atoms. The van der Waals surface area contributed by atoms with Crippen LogP contribution in [0, 0.1) is 23.7 Å². The van der Waals surface area contributed by atoms with Crippen LogP contribution in [0.5, 0.6) is 5.75 Å². The molecule has 0 radical (unpaired) electrons. The standard InChI is InChI=1S/C25H32O5.C2H6/c1-5-17-10-16-8-15(2)9-19(11-16)24(17)25(30-4)21-13-22(27)18(12-20(21)14-26)6-7-23(28)29-3;1-2/h6-7,12-17,19,27H,5,8-11H2,1-4H3;1-2H3/b7-6+,25-24-;. The highest BCUT2D eigenvalue weighted by Crippen LogP contribution is 2.51. The largest absolute Gasteiger partial charge is 0.507 e. The van der Waals surface area contributed by atoms with Gasteiger partial charge in [0.1, 0.15) is 11.5 Å². The molecule has 176 valence electrons. The molecule has 2 aliphatic carbocycles. The number of aromatic hydroxyl groups is 1. The van der Waals surface area contributed by atoms with Crippen LogP contribution in [0.2, 0.25) is 0 Å². The Labute approximate surface area is 192 Å². The Kier molecular flexibility index (Phi) is 9.55. The normalized spacial score (nSPS) is 26.1. The van der Waals surface area contributed by atoms with Gasteiger partial charge in [0.25, 0.3) is 0 Å². The van der Waals surface area contributed by atoms with Gasteiger partial charge in [0.2, 0.25) is 0 Å².